The number of nitrogens with one attached hydrogen (secondary N) is 1. The van der Waals surface area contributed by atoms with Crippen LogP contribution >= 0.6 is 0 Å². The first kappa shape index (κ1) is 26.0. The van der Waals surface area contributed by atoms with Crippen molar-refractivity contribution in [3.8, 4) is 23.0 Å². The van der Waals surface area contributed by atoms with Crippen LogP contribution in [-0.4, -0.2) is 38.4 Å². The van der Waals surface area contributed by atoms with Gasteiger partial charge in [-0.2, -0.15) is 5.10 Å². The number of amides is 1. The normalized spacial score (nSPS) is 10.5. The summed E-state index contributed by atoms with van der Waals surface area (Å²) in [5.74, 6) is 1.17. The summed E-state index contributed by atoms with van der Waals surface area (Å²) < 4.78 is 21.6. The number of benzene rings is 3. The fourth-order valence-corrected chi connectivity index (χ4v) is 3.12. The van der Waals surface area contributed by atoms with E-state index in [0.717, 1.165) is 5.56 Å². The maximum absolute atomic E-state index is 12.3. The van der Waals surface area contributed by atoms with Gasteiger partial charge in [-0.25, -0.2) is 10.2 Å². The molecule has 0 saturated heterocycles. The van der Waals surface area contributed by atoms with Crippen molar-refractivity contribution < 1.29 is 28.5 Å². The predicted molar refractivity (Wildman–Crippen MR) is 137 cm³/mol. The minimum absolute atomic E-state index is 0.227. The second kappa shape index (κ2) is 13.3. The Morgan fingerprint density at radius 2 is 1.67 bits per heavy atom. The zero-order valence-corrected chi connectivity index (χ0v) is 20.2. The zero-order chi connectivity index (χ0) is 25.8. The van der Waals surface area contributed by atoms with Crippen LogP contribution in [0.15, 0.2) is 84.5 Å². The number of hydrogen-bond acceptors (Lipinski definition) is 7. The number of nitrogens with zero attached hydrogens (tertiary/aromatic N) is 1. The molecule has 3 aromatic carbocycles. The standard InChI is InChI=1S/C28H28N2O6/c1-4-6-20-9-16-25(26(17-20)33-3)35-19-27(31)30-29-18-21-7-12-24(13-8-21)36-28(32)22-10-14-23(15-11-22)34-5-2/h4,7-18H,1,5-6,19H2,2-3H3,(H,30,31)/b29-18-. The number of hydrazone groups is 1. The summed E-state index contributed by atoms with van der Waals surface area (Å²) in [6.45, 7) is 5.93. The molecule has 0 unspecified atom stereocenters. The predicted octanol–water partition coefficient (Wildman–Crippen LogP) is 4.57. The fraction of sp³-hybridized carbons (Fsp3) is 0.179. The minimum Gasteiger partial charge on any atom is -0.494 e. The monoisotopic (exact) mass is 488 g/mol. The average molecular weight is 489 g/mol. The Hall–Kier alpha value is -4.59. The van der Waals surface area contributed by atoms with Crippen molar-refractivity contribution in [3.63, 3.8) is 0 Å². The Morgan fingerprint density at radius 1 is 0.944 bits per heavy atom. The van der Waals surface area contributed by atoms with Gasteiger partial charge in [0.05, 0.1) is 25.5 Å². The first-order chi connectivity index (χ1) is 17.5. The lowest BCUT2D eigenvalue weighted by Crippen LogP contribution is -2.24. The lowest BCUT2D eigenvalue weighted by molar-refractivity contribution is -0.123. The number of carbonyl (C=O) groups is 2. The van der Waals surface area contributed by atoms with Gasteiger partial charge in [-0.3, -0.25) is 4.79 Å². The molecule has 0 atom stereocenters. The molecule has 0 spiro atoms. The van der Waals surface area contributed by atoms with Crippen molar-refractivity contribution in [2.24, 2.45) is 5.10 Å². The third-order valence-electron chi connectivity index (χ3n) is 4.86. The van der Waals surface area contributed by atoms with E-state index in [4.69, 9.17) is 18.9 Å². The number of carbonyl (C=O) groups excluding carboxylic acids is 2. The van der Waals surface area contributed by atoms with Crippen molar-refractivity contribution in [2.45, 2.75) is 13.3 Å². The molecule has 3 rings (SSSR count). The highest BCUT2D eigenvalue weighted by molar-refractivity contribution is 5.91. The highest BCUT2D eigenvalue weighted by Crippen LogP contribution is 2.28. The average Bonchev–Trinajstić information content (AvgIpc) is 2.89. The van der Waals surface area contributed by atoms with Gasteiger partial charge in [-0.15, -0.1) is 6.58 Å². The van der Waals surface area contributed by atoms with Crippen LogP contribution in [0.5, 0.6) is 23.0 Å². The van der Waals surface area contributed by atoms with Gasteiger partial charge in [-0.1, -0.05) is 12.1 Å². The molecule has 36 heavy (non-hydrogen) atoms. The van der Waals surface area contributed by atoms with Crippen molar-refractivity contribution in [1.82, 2.24) is 5.43 Å². The third kappa shape index (κ3) is 7.73. The van der Waals surface area contributed by atoms with Crippen molar-refractivity contribution in [3.05, 3.63) is 96.1 Å². The lowest BCUT2D eigenvalue weighted by atomic mass is 10.1. The molecule has 0 aliphatic heterocycles. The topological polar surface area (TPSA) is 95.5 Å². The first-order valence-electron chi connectivity index (χ1n) is 11.3. The second-order valence-electron chi connectivity index (χ2n) is 7.48. The van der Waals surface area contributed by atoms with Crippen molar-refractivity contribution >= 4 is 18.1 Å². The molecule has 1 N–H and O–H groups in total. The molecule has 0 radical (unpaired) electrons. The molecular formula is C28H28N2O6. The fourth-order valence-electron chi connectivity index (χ4n) is 3.12. The molecule has 0 bridgehead atoms. The minimum atomic E-state index is -0.473. The van der Waals surface area contributed by atoms with Crippen LogP contribution in [-0.2, 0) is 11.2 Å². The van der Waals surface area contributed by atoms with Crippen molar-refractivity contribution in [1.29, 1.82) is 0 Å². The Bertz CT molecular complexity index is 1200. The molecular weight excluding hydrogens is 460 g/mol. The number of esters is 1. The quantitative estimate of drug-likeness (QED) is 0.132. The summed E-state index contributed by atoms with van der Waals surface area (Å²) in [5.41, 5.74) is 4.56. The van der Waals surface area contributed by atoms with E-state index in [0.29, 0.717) is 47.2 Å². The van der Waals surface area contributed by atoms with Crippen LogP contribution in [0.3, 0.4) is 0 Å². The highest BCUT2D eigenvalue weighted by Gasteiger charge is 2.10. The van der Waals surface area contributed by atoms with Crippen LogP contribution in [0.4, 0.5) is 0 Å². The van der Waals surface area contributed by atoms with Gasteiger partial charge in [0.15, 0.2) is 18.1 Å². The number of methoxy groups -OCH3 is 1. The maximum atomic E-state index is 12.3. The number of allylic oxidation sites excluding steroid dienone is 1. The van der Waals surface area contributed by atoms with Crippen LogP contribution in [0.1, 0.15) is 28.4 Å². The summed E-state index contributed by atoms with van der Waals surface area (Å²) in [7, 11) is 1.54. The van der Waals surface area contributed by atoms with E-state index in [9.17, 15) is 9.59 Å². The highest BCUT2D eigenvalue weighted by atomic mass is 16.5. The number of rotatable bonds is 12. The molecule has 0 aliphatic carbocycles. The Labute approximate surface area is 210 Å². The van der Waals surface area contributed by atoms with E-state index < -0.39 is 11.9 Å². The molecule has 0 aromatic heterocycles. The maximum Gasteiger partial charge on any atom is 0.343 e. The molecule has 0 saturated carbocycles. The largest absolute Gasteiger partial charge is 0.494 e. The SMILES string of the molecule is C=CCc1ccc(OCC(=O)N/N=C\c2ccc(OC(=O)c3ccc(OCC)cc3)cc2)c(OC)c1. The molecule has 8 heteroatoms. The number of ether oxygens (including phenoxy) is 4. The molecule has 8 nitrogen and oxygen atoms in total. The van der Waals surface area contributed by atoms with Gasteiger partial charge in [0.1, 0.15) is 11.5 Å². The van der Waals surface area contributed by atoms with Crippen LogP contribution in [0.2, 0.25) is 0 Å². The van der Waals surface area contributed by atoms with Gasteiger partial charge in [0, 0.05) is 0 Å². The first-order valence-corrected chi connectivity index (χ1v) is 11.3. The summed E-state index contributed by atoms with van der Waals surface area (Å²) in [6, 6.07) is 18.9. The van der Waals surface area contributed by atoms with E-state index in [1.807, 2.05) is 19.1 Å². The molecule has 0 aliphatic rings. The van der Waals surface area contributed by atoms with E-state index in [2.05, 4.69) is 17.1 Å². The van der Waals surface area contributed by atoms with E-state index in [-0.39, 0.29) is 6.61 Å². The van der Waals surface area contributed by atoms with Gasteiger partial charge in [-0.05, 0) is 85.1 Å². The second-order valence-corrected chi connectivity index (χ2v) is 7.48. The smallest absolute Gasteiger partial charge is 0.343 e. The lowest BCUT2D eigenvalue weighted by Gasteiger charge is -2.11. The van der Waals surface area contributed by atoms with Crippen LogP contribution in [0.25, 0.3) is 0 Å². The molecule has 1 amide bonds. The molecule has 186 valence electrons. The third-order valence-corrected chi connectivity index (χ3v) is 4.86. The summed E-state index contributed by atoms with van der Waals surface area (Å²) in [6.07, 6.45) is 3.98. The Kier molecular flexibility index (Phi) is 9.64. The molecule has 0 heterocycles. The summed E-state index contributed by atoms with van der Waals surface area (Å²) in [5, 5.41) is 3.93. The van der Waals surface area contributed by atoms with Gasteiger partial charge >= 0.3 is 5.97 Å². The van der Waals surface area contributed by atoms with E-state index in [1.54, 1.807) is 60.7 Å². The van der Waals surface area contributed by atoms with Gasteiger partial charge < -0.3 is 18.9 Å². The Balaban J connectivity index is 1.47. The van der Waals surface area contributed by atoms with Crippen LogP contribution in [0, 0.1) is 0 Å². The van der Waals surface area contributed by atoms with Gasteiger partial charge in [0.2, 0.25) is 0 Å². The number of hydrogen-bond donors (Lipinski definition) is 1. The van der Waals surface area contributed by atoms with E-state index >= 15 is 0 Å². The Morgan fingerprint density at radius 3 is 2.33 bits per heavy atom. The summed E-state index contributed by atoms with van der Waals surface area (Å²) in [4.78, 5) is 24.4. The van der Waals surface area contributed by atoms with E-state index in [1.165, 1.54) is 13.3 Å². The van der Waals surface area contributed by atoms with Crippen LogP contribution < -0.4 is 24.4 Å². The van der Waals surface area contributed by atoms with Crippen molar-refractivity contribution in [2.75, 3.05) is 20.3 Å². The summed E-state index contributed by atoms with van der Waals surface area (Å²) >= 11 is 0. The van der Waals surface area contributed by atoms with Gasteiger partial charge in [0.25, 0.3) is 5.91 Å². The zero-order valence-electron chi connectivity index (χ0n) is 20.2. The molecule has 0 fully saturated rings. The molecule has 3 aromatic rings.